The Labute approximate surface area is 188 Å². The largest absolute Gasteiger partial charge is 0.471 e. The Morgan fingerprint density at radius 1 is 1.00 bits per heavy atom. The van der Waals surface area contributed by atoms with Crippen molar-refractivity contribution in [3.8, 4) is 0 Å². The fraction of sp³-hybridized carbons (Fsp3) is 0.250. The van der Waals surface area contributed by atoms with Crippen LogP contribution in [0, 0.1) is 0 Å². The van der Waals surface area contributed by atoms with Crippen LogP contribution in [0.25, 0.3) is 0 Å². The second kappa shape index (κ2) is 8.58. The van der Waals surface area contributed by atoms with Crippen LogP contribution in [0.2, 0.25) is 5.02 Å². The van der Waals surface area contributed by atoms with Gasteiger partial charge in [-0.2, -0.15) is 31.4 Å². The van der Waals surface area contributed by atoms with Gasteiger partial charge in [-0.1, -0.05) is 23.7 Å². The van der Waals surface area contributed by atoms with Gasteiger partial charge in [0.15, 0.2) is 0 Å². The zero-order valence-corrected chi connectivity index (χ0v) is 17.4. The SMILES string of the molecule is CC1(C(=O)Nc2ccc(Cl)c(C(F)(F)F)c2)CC(c2ccc(NC(=O)C(F)(F)F)cc2)=NN1. The molecule has 0 saturated carbocycles. The van der Waals surface area contributed by atoms with Crippen molar-refractivity contribution in [1.29, 1.82) is 0 Å². The van der Waals surface area contributed by atoms with Crippen LogP contribution < -0.4 is 16.1 Å². The number of rotatable bonds is 4. The summed E-state index contributed by atoms with van der Waals surface area (Å²) in [5.41, 5.74) is 0.879. The van der Waals surface area contributed by atoms with Crippen LogP contribution in [0.5, 0.6) is 0 Å². The molecule has 2 aromatic rings. The third-order valence-corrected chi connectivity index (χ3v) is 5.05. The molecule has 3 N–H and O–H groups in total. The quantitative estimate of drug-likeness (QED) is 0.528. The Kier molecular flexibility index (Phi) is 6.33. The van der Waals surface area contributed by atoms with Crippen molar-refractivity contribution in [3.05, 3.63) is 58.6 Å². The summed E-state index contributed by atoms with van der Waals surface area (Å²) >= 11 is 5.58. The number of benzene rings is 2. The van der Waals surface area contributed by atoms with Crippen LogP contribution in [0.3, 0.4) is 0 Å². The van der Waals surface area contributed by atoms with E-state index < -0.39 is 40.3 Å². The van der Waals surface area contributed by atoms with Gasteiger partial charge in [0.05, 0.1) is 16.3 Å². The summed E-state index contributed by atoms with van der Waals surface area (Å²) in [6.45, 7) is 1.48. The van der Waals surface area contributed by atoms with Gasteiger partial charge in [-0.25, -0.2) is 0 Å². The first-order chi connectivity index (χ1) is 15.2. The Morgan fingerprint density at radius 3 is 2.18 bits per heavy atom. The van der Waals surface area contributed by atoms with Crippen molar-refractivity contribution in [1.82, 2.24) is 5.43 Å². The van der Waals surface area contributed by atoms with E-state index >= 15 is 0 Å². The van der Waals surface area contributed by atoms with Gasteiger partial charge in [-0.15, -0.1) is 0 Å². The van der Waals surface area contributed by atoms with Crippen LogP contribution in [0.15, 0.2) is 47.6 Å². The molecule has 6 nitrogen and oxygen atoms in total. The monoisotopic (exact) mass is 492 g/mol. The third kappa shape index (κ3) is 5.56. The number of hydrazone groups is 1. The highest BCUT2D eigenvalue weighted by molar-refractivity contribution is 6.31. The van der Waals surface area contributed by atoms with E-state index in [1.165, 1.54) is 37.3 Å². The number of anilines is 2. The molecule has 3 rings (SSSR count). The van der Waals surface area contributed by atoms with Gasteiger partial charge < -0.3 is 10.6 Å². The molecule has 33 heavy (non-hydrogen) atoms. The van der Waals surface area contributed by atoms with Crippen molar-refractivity contribution in [3.63, 3.8) is 0 Å². The highest BCUT2D eigenvalue weighted by Crippen LogP contribution is 2.36. The molecule has 1 heterocycles. The minimum absolute atomic E-state index is 0.0345. The predicted molar refractivity (Wildman–Crippen MR) is 109 cm³/mol. The molecule has 2 aromatic carbocycles. The summed E-state index contributed by atoms with van der Waals surface area (Å²) in [5.74, 6) is -2.78. The Hall–Kier alpha value is -3.28. The fourth-order valence-electron chi connectivity index (χ4n) is 2.94. The lowest BCUT2D eigenvalue weighted by molar-refractivity contribution is -0.167. The fourth-order valence-corrected chi connectivity index (χ4v) is 3.16. The average molecular weight is 493 g/mol. The molecule has 1 unspecified atom stereocenters. The molecule has 1 aliphatic heterocycles. The first-order valence-corrected chi connectivity index (χ1v) is 9.57. The minimum atomic E-state index is -5.03. The Bertz CT molecular complexity index is 1120. The minimum Gasteiger partial charge on any atom is -0.324 e. The molecule has 0 bridgehead atoms. The Morgan fingerprint density at radius 2 is 1.61 bits per heavy atom. The number of nitrogens with one attached hydrogen (secondary N) is 3. The van der Waals surface area contributed by atoms with E-state index in [0.717, 1.165) is 6.07 Å². The molecule has 1 aliphatic rings. The highest BCUT2D eigenvalue weighted by atomic mass is 35.5. The summed E-state index contributed by atoms with van der Waals surface area (Å²) in [5, 5.41) is 7.65. The number of hydrogen-bond donors (Lipinski definition) is 3. The lowest BCUT2D eigenvalue weighted by Gasteiger charge is -2.23. The summed E-state index contributed by atoms with van der Waals surface area (Å²) < 4.78 is 76.1. The van der Waals surface area contributed by atoms with E-state index in [1.807, 2.05) is 0 Å². The maximum absolute atomic E-state index is 13.0. The van der Waals surface area contributed by atoms with Gasteiger partial charge in [0.1, 0.15) is 5.54 Å². The van der Waals surface area contributed by atoms with Gasteiger partial charge in [-0.05, 0) is 42.8 Å². The number of halogens is 7. The zero-order chi connectivity index (χ0) is 24.6. The summed E-state index contributed by atoms with van der Waals surface area (Å²) in [6.07, 6.45) is -9.69. The summed E-state index contributed by atoms with van der Waals surface area (Å²) in [4.78, 5) is 23.7. The normalized spacial score (nSPS) is 18.4. The zero-order valence-electron chi connectivity index (χ0n) is 16.7. The first kappa shape index (κ1) is 24.4. The number of alkyl halides is 6. The maximum Gasteiger partial charge on any atom is 0.471 e. The van der Waals surface area contributed by atoms with E-state index in [0.29, 0.717) is 17.3 Å². The van der Waals surface area contributed by atoms with Crippen LogP contribution in [-0.2, 0) is 15.8 Å². The van der Waals surface area contributed by atoms with Crippen molar-refractivity contribution in [2.24, 2.45) is 5.10 Å². The summed E-state index contributed by atoms with van der Waals surface area (Å²) in [7, 11) is 0. The lowest BCUT2D eigenvalue weighted by Crippen LogP contribution is -2.47. The standard InChI is InChI=1S/C20H15ClF6N4O2/c1-18(16(32)29-12-6-7-14(21)13(8-12)19(22,23)24)9-15(30-31-18)10-2-4-11(5-3-10)28-17(33)20(25,26)27/h2-8,31H,9H2,1H3,(H,28,33)(H,29,32). The average Bonchev–Trinajstić information content (AvgIpc) is 3.12. The van der Waals surface area contributed by atoms with Crippen molar-refractivity contribution >= 4 is 40.5 Å². The molecule has 0 saturated heterocycles. The van der Waals surface area contributed by atoms with Gasteiger partial charge in [0.25, 0.3) is 5.91 Å². The highest BCUT2D eigenvalue weighted by Gasteiger charge is 2.40. The topological polar surface area (TPSA) is 82.6 Å². The van der Waals surface area contributed by atoms with E-state index in [1.54, 1.807) is 5.32 Å². The third-order valence-electron chi connectivity index (χ3n) is 4.72. The van der Waals surface area contributed by atoms with Gasteiger partial charge >= 0.3 is 18.3 Å². The van der Waals surface area contributed by atoms with Crippen molar-refractivity contribution < 1.29 is 35.9 Å². The number of carbonyl (C=O) groups excluding carboxylic acids is 2. The molecular formula is C20H15ClF6N4O2. The van der Waals surface area contributed by atoms with Crippen molar-refractivity contribution in [2.45, 2.75) is 31.2 Å². The number of hydrogen-bond acceptors (Lipinski definition) is 4. The van der Waals surface area contributed by atoms with Gasteiger partial charge in [0, 0.05) is 17.8 Å². The summed E-state index contributed by atoms with van der Waals surface area (Å²) in [6, 6.07) is 8.26. The predicted octanol–water partition coefficient (Wildman–Crippen LogP) is 4.95. The van der Waals surface area contributed by atoms with E-state index in [9.17, 15) is 35.9 Å². The van der Waals surface area contributed by atoms with Gasteiger partial charge in [0.2, 0.25) is 0 Å². The second-order valence-corrected chi connectivity index (χ2v) is 7.76. The maximum atomic E-state index is 13.0. The molecule has 0 aromatic heterocycles. The molecule has 0 radical (unpaired) electrons. The van der Waals surface area contributed by atoms with E-state index in [4.69, 9.17) is 11.6 Å². The van der Waals surface area contributed by atoms with Crippen LogP contribution in [0.1, 0.15) is 24.5 Å². The molecule has 2 amide bonds. The number of nitrogens with zero attached hydrogens (tertiary/aromatic N) is 1. The van der Waals surface area contributed by atoms with Gasteiger partial charge in [-0.3, -0.25) is 15.0 Å². The molecule has 176 valence electrons. The molecular weight excluding hydrogens is 478 g/mol. The Balaban J connectivity index is 1.68. The molecule has 13 heteroatoms. The number of carbonyl (C=O) groups is 2. The smallest absolute Gasteiger partial charge is 0.324 e. The van der Waals surface area contributed by atoms with E-state index in [2.05, 4.69) is 15.8 Å². The molecule has 1 atom stereocenters. The first-order valence-electron chi connectivity index (χ1n) is 9.19. The van der Waals surface area contributed by atoms with Crippen molar-refractivity contribution in [2.75, 3.05) is 10.6 Å². The molecule has 0 aliphatic carbocycles. The molecule has 0 spiro atoms. The lowest BCUT2D eigenvalue weighted by atomic mass is 9.93. The number of amides is 2. The van der Waals surface area contributed by atoms with Crippen LogP contribution in [0.4, 0.5) is 37.7 Å². The van der Waals surface area contributed by atoms with Crippen LogP contribution >= 0.6 is 11.6 Å². The van der Waals surface area contributed by atoms with E-state index in [-0.39, 0.29) is 17.8 Å². The van der Waals surface area contributed by atoms with Crippen LogP contribution in [-0.4, -0.2) is 29.2 Å². The second-order valence-electron chi connectivity index (χ2n) is 7.35. The molecule has 0 fully saturated rings.